The third-order valence-electron chi connectivity index (χ3n) is 4.35. The number of nitrogens with zero attached hydrogens (tertiary/aromatic N) is 3. The molecule has 1 fully saturated rings. The Morgan fingerprint density at radius 1 is 1.41 bits per heavy atom. The van der Waals surface area contributed by atoms with Gasteiger partial charge in [-0.05, 0) is 25.2 Å². The van der Waals surface area contributed by atoms with Crippen LogP contribution in [0.15, 0.2) is 24.4 Å². The third kappa shape index (κ3) is 3.37. The van der Waals surface area contributed by atoms with Gasteiger partial charge in [0.1, 0.15) is 0 Å². The summed E-state index contributed by atoms with van der Waals surface area (Å²) >= 11 is 0. The topological polar surface area (TPSA) is 67.2 Å². The van der Waals surface area contributed by atoms with Crippen molar-refractivity contribution in [3.8, 4) is 0 Å². The van der Waals surface area contributed by atoms with Crippen LogP contribution in [0, 0.1) is 5.92 Å². The summed E-state index contributed by atoms with van der Waals surface area (Å²) in [6.07, 6.45) is 9.93. The lowest BCUT2D eigenvalue weighted by atomic mass is 10.0. The van der Waals surface area contributed by atoms with Crippen LogP contribution in [0.1, 0.15) is 38.6 Å². The van der Waals surface area contributed by atoms with Crippen molar-refractivity contribution in [1.29, 1.82) is 0 Å². The average molecular weight is 302 g/mol. The Labute approximate surface area is 130 Å². The number of amides is 2. The molecule has 6 heteroatoms. The summed E-state index contributed by atoms with van der Waals surface area (Å²) in [6.45, 7) is 2.96. The summed E-state index contributed by atoms with van der Waals surface area (Å²) < 4.78 is 1.86. The van der Waals surface area contributed by atoms with Crippen LogP contribution in [0.3, 0.4) is 0 Å². The monoisotopic (exact) mass is 302 g/mol. The molecule has 118 valence electrons. The van der Waals surface area contributed by atoms with Crippen molar-refractivity contribution in [3.63, 3.8) is 0 Å². The Balaban J connectivity index is 1.55. The minimum Gasteiger partial charge on any atom is -0.340 e. The van der Waals surface area contributed by atoms with E-state index in [1.54, 1.807) is 6.07 Å². The van der Waals surface area contributed by atoms with Crippen LogP contribution in [-0.2, 0) is 9.59 Å². The summed E-state index contributed by atoms with van der Waals surface area (Å²) in [5.41, 5.74) is 0. The number of nitrogens with one attached hydrogen (secondary N) is 1. The number of hydrogen-bond donors (Lipinski definition) is 1. The van der Waals surface area contributed by atoms with Crippen LogP contribution >= 0.6 is 0 Å². The molecule has 1 aliphatic heterocycles. The lowest BCUT2D eigenvalue weighted by Gasteiger charge is -2.18. The highest BCUT2D eigenvalue weighted by Crippen LogP contribution is 2.26. The maximum absolute atomic E-state index is 12.3. The van der Waals surface area contributed by atoms with Gasteiger partial charge in [-0.15, -0.1) is 0 Å². The zero-order chi connectivity index (χ0) is 15.5. The van der Waals surface area contributed by atoms with Crippen molar-refractivity contribution >= 4 is 17.6 Å². The van der Waals surface area contributed by atoms with Crippen LogP contribution in [0.4, 0.5) is 5.82 Å². The van der Waals surface area contributed by atoms with Crippen molar-refractivity contribution in [2.24, 2.45) is 5.92 Å². The standard InChI is InChI=1S/C16H22N4O2/c1-12(21)17-15-7-9-20(18-15)14-6-8-19(11-14)16(22)10-13-4-2-3-5-13/h2,4,7,9,13-14H,3,5-6,8,10-11H2,1H3,(H,17,18,21)/t13-,14-/m1/s1. The molecule has 2 aliphatic rings. The smallest absolute Gasteiger partial charge is 0.223 e. The second kappa shape index (κ2) is 6.34. The molecule has 1 aromatic rings. The summed E-state index contributed by atoms with van der Waals surface area (Å²) in [5.74, 6) is 1.10. The van der Waals surface area contributed by atoms with E-state index in [0.717, 1.165) is 25.8 Å². The second-order valence-electron chi connectivity index (χ2n) is 6.11. The molecular weight excluding hydrogens is 280 g/mol. The van der Waals surface area contributed by atoms with E-state index in [-0.39, 0.29) is 17.9 Å². The maximum Gasteiger partial charge on any atom is 0.223 e. The van der Waals surface area contributed by atoms with Gasteiger partial charge in [-0.1, -0.05) is 12.2 Å². The second-order valence-corrected chi connectivity index (χ2v) is 6.11. The zero-order valence-electron chi connectivity index (χ0n) is 12.9. The molecule has 0 unspecified atom stereocenters. The lowest BCUT2D eigenvalue weighted by molar-refractivity contribution is -0.130. The summed E-state index contributed by atoms with van der Waals surface area (Å²) in [7, 11) is 0. The van der Waals surface area contributed by atoms with Gasteiger partial charge in [0.2, 0.25) is 11.8 Å². The van der Waals surface area contributed by atoms with Gasteiger partial charge >= 0.3 is 0 Å². The highest BCUT2D eigenvalue weighted by Gasteiger charge is 2.29. The van der Waals surface area contributed by atoms with Crippen LogP contribution in [0.5, 0.6) is 0 Å². The first-order valence-electron chi connectivity index (χ1n) is 7.89. The van der Waals surface area contributed by atoms with Crippen LogP contribution in [0.2, 0.25) is 0 Å². The molecule has 3 rings (SSSR count). The highest BCUT2D eigenvalue weighted by molar-refractivity contribution is 5.87. The summed E-state index contributed by atoms with van der Waals surface area (Å²) in [5, 5.41) is 7.04. The quantitative estimate of drug-likeness (QED) is 0.865. The normalized spacial score (nSPS) is 24.0. The van der Waals surface area contributed by atoms with Gasteiger partial charge in [0, 0.05) is 38.7 Å². The third-order valence-corrected chi connectivity index (χ3v) is 4.35. The Bertz CT molecular complexity index is 593. The van der Waals surface area contributed by atoms with Crippen molar-refractivity contribution in [1.82, 2.24) is 14.7 Å². The first-order valence-corrected chi connectivity index (χ1v) is 7.89. The molecule has 1 N–H and O–H groups in total. The molecule has 0 spiro atoms. The number of rotatable bonds is 4. The van der Waals surface area contributed by atoms with E-state index in [1.807, 2.05) is 15.8 Å². The molecular formula is C16H22N4O2. The molecule has 1 aliphatic carbocycles. The fourth-order valence-corrected chi connectivity index (χ4v) is 3.19. The number of allylic oxidation sites excluding steroid dienone is 2. The van der Waals surface area contributed by atoms with Crippen molar-refractivity contribution in [3.05, 3.63) is 24.4 Å². The van der Waals surface area contributed by atoms with Gasteiger partial charge in [-0.2, -0.15) is 5.10 Å². The summed E-state index contributed by atoms with van der Waals surface area (Å²) in [4.78, 5) is 25.3. The van der Waals surface area contributed by atoms with Crippen LogP contribution in [-0.4, -0.2) is 39.6 Å². The fraction of sp³-hybridized carbons (Fsp3) is 0.562. The molecule has 6 nitrogen and oxygen atoms in total. The van der Waals surface area contributed by atoms with Gasteiger partial charge in [0.15, 0.2) is 5.82 Å². The van der Waals surface area contributed by atoms with Gasteiger partial charge in [-0.25, -0.2) is 0 Å². The molecule has 22 heavy (non-hydrogen) atoms. The molecule has 0 bridgehead atoms. The number of likely N-dealkylation sites (tertiary alicyclic amines) is 1. The minimum absolute atomic E-state index is 0.127. The summed E-state index contributed by atoms with van der Waals surface area (Å²) in [6, 6.07) is 1.99. The Morgan fingerprint density at radius 3 is 3.00 bits per heavy atom. The number of hydrogen-bond acceptors (Lipinski definition) is 3. The molecule has 1 aromatic heterocycles. The van der Waals surface area contributed by atoms with E-state index in [9.17, 15) is 9.59 Å². The SMILES string of the molecule is CC(=O)Nc1ccn([C@@H]2CCN(C(=O)C[C@@H]3C=CCC3)C2)n1. The largest absolute Gasteiger partial charge is 0.340 e. The number of aromatic nitrogens is 2. The number of carbonyl (C=O) groups excluding carboxylic acids is 2. The molecule has 1 saturated heterocycles. The molecule has 0 saturated carbocycles. The van der Waals surface area contributed by atoms with E-state index in [4.69, 9.17) is 0 Å². The zero-order valence-corrected chi connectivity index (χ0v) is 12.9. The van der Waals surface area contributed by atoms with Gasteiger partial charge in [-0.3, -0.25) is 14.3 Å². The Hall–Kier alpha value is -2.11. The number of anilines is 1. The molecule has 0 aromatic carbocycles. The first-order chi connectivity index (χ1) is 10.6. The lowest BCUT2D eigenvalue weighted by Crippen LogP contribution is -2.30. The van der Waals surface area contributed by atoms with Crippen molar-refractivity contribution in [2.45, 2.75) is 38.6 Å². The average Bonchev–Trinajstić information content (AvgIpc) is 3.18. The van der Waals surface area contributed by atoms with Gasteiger partial charge in [0.25, 0.3) is 0 Å². The van der Waals surface area contributed by atoms with Crippen molar-refractivity contribution in [2.75, 3.05) is 18.4 Å². The van der Waals surface area contributed by atoms with Gasteiger partial charge < -0.3 is 10.2 Å². The predicted molar refractivity (Wildman–Crippen MR) is 83.2 cm³/mol. The van der Waals surface area contributed by atoms with E-state index in [1.165, 1.54) is 6.92 Å². The molecule has 0 radical (unpaired) electrons. The molecule has 2 atom stereocenters. The Kier molecular flexibility index (Phi) is 4.27. The minimum atomic E-state index is -0.127. The van der Waals surface area contributed by atoms with Crippen LogP contribution < -0.4 is 5.32 Å². The predicted octanol–water partition coefficient (Wildman–Crippen LogP) is 1.97. The maximum atomic E-state index is 12.3. The van der Waals surface area contributed by atoms with Gasteiger partial charge in [0.05, 0.1) is 6.04 Å². The molecule has 2 heterocycles. The molecule has 2 amide bonds. The fourth-order valence-electron chi connectivity index (χ4n) is 3.19. The highest BCUT2D eigenvalue weighted by atomic mass is 16.2. The van der Waals surface area contributed by atoms with E-state index >= 15 is 0 Å². The Morgan fingerprint density at radius 2 is 2.27 bits per heavy atom. The van der Waals surface area contributed by atoms with Crippen molar-refractivity contribution < 1.29 is 9.59 Å². The van der Waals surface area contributed by atoms with E-state index < -0.39 is 0 Å². The first kappa shape index (κ1) is 14.8. The van der Waals surface area contributed by atoms with Crippen LogP contribution in [0.25, 0.3) is 0 Å². The van der Waals surface area contributed by atoms with E-state index in [2.05, 4.69) is 22.6 Å². The van der Waals surface area contributed by atoms with E-state index in [0.29, 0.717) is 24.7 Å². The number of carbonyl (C=O) groups is 2.